The number of hydrogen-bond acceptors (Lipinski definition) is 3. The van der Waals surface area contributed by atoms with Crippen molar-refractivity contribution in [2.24, 2.45) is 11.7 Å². The minimum Gasteiger partial charge on any atom is -0.497 e. The SMILES string of the molecule is COc1ccc2c(c1)OC1(CCC(C)C1)CC2N. The van der Waals surface area contributed by atoms with E-state index in [1.54, 1.807) is 7.11 Å². The molecule has 1 aliphatic heterocycles. The maximum atomic E-state index is 6.32. The van der Waals surface area contributed by atoms with Gasteiger partial charge in [0.05, 0.1) is 7.11 Å². The summed E-state index contributed by atoms with van der Waals surface area (Å²) < 4.78 is 11.6. The van der Waals surface area contributed by atoms with E-state index < -0.39 is 0 Å². The summed E-state index contributed by atoms with van der Waals surface area (Å²) >= 11 is 0. The number of nitrogens with two attached hydrogens (primary N) is 1. The summed E-state index contributed by atoms with van der Waals surface area (Å²) in [4.78, 5) is 0. The number of methoxy groups -OCH3 is 1. The summed E-state index contributed by atoms with van der Waals surface area (Å²) in [5, 5.41) is 0. The van der Waals surface area contributed by atoms with E-state index in [1.807, 2.05) is 18.2 Å². The predicted molar refractivity (Wildman–Crippen MR) is 70.9 cm³/mol. The van der Waals surface area contributed by atoms with Gasteiger partial charge in [-0.1, -0.05) is 13.0 Å². The van der Waals surface area contributed by atoms with Crippen LogP contribution in [0.25, 0.3) is 0 Å². The topological polar surface area (TPSA) is 44.5 Å². The van der Waals surface area contributed by atoms with E-state index >= 15 is 0 Å². The van der Waals surface area contributed by atoms with Gasteiger partial charge in [0.2, 0.25) is 0 Å². The van der Waals surface area contributed by atoms with Gasteiger partial charge in [-0.05, 0) is 31.2 Å². The quantitative estimate of drug-likeness (QED) is 0.829. The Morgan fingerprint density at radius 2 is 2.22 bits per heavy atom. The molecule has 1 aromatic carbocycles. The highest BCUT2D eigenvalue weighted by Gasteiger charge is 2.44. The van der Waals surface area contributed by atoms with Gasteiger partial charge in [0.1, 0.15) is 17.1 Å². The van der Waals surface area contributed by atoms with Gasteiger partial charge >= 0.3 is 0 Å². The van der Waals surface area contributed by atoms with Gasteiger partial charge < -0.3 is 15.2 Å². The Kier molecular flexibility index (Phi) is 2.74. The molecule has 0 amide bonds. The molecule has 2 aliphatic rings. The van der Waals surface area contributed by atoms with Crippen molar-refractivity contribution >= 4 is 0 Å². The molecule has 3 rings (SSSR count). The lowest BCUT2D eigenvalue weighted by atomic mass is 9.86. The molecule has 3 heteroatoms. The van der Waals surface area contributed by atoms with Crippen molar-refractivity contribution in [3.05, 3.63) is 23.8 Å². The highest BCUT2D eigenvalue weighted by molar-refractivity contribution is 5.44. The highest BCUT2D eigenvalue weighted by atomic mass is 16.5. The van der Waals surface area contributed by atoms with Crippen LogP contribution in [0.2, 0.25) is 0 Å². The summed E-state index contributed by atoms with van der Waals surface area (Å²) in [6.45, 7) is 2.30. The van der Waals surface area contributed by atoms with Crippen LogP contribution in [0.5, 0.6) is 11.5 Å². The Labute approximate surface area is 108 Å². The molecule has 98 valence electrons. The molecule has 0 saturated heterocycles. The van der Waals surface area contributed by atoms with Crippen LogP contribution >= 0.6 is 0 Å². The van der Waals surface area contributed by atoms with E-state index in [0.717, 1.165) is 42.2 Å². The number of fused-ring (bicyclic) bond motifs is 1. The summed E-state index contributed by atoms with van der Waals surface area (Å²) in [5.41, 5.74) is 7.40. The van der Waals surface area contributed by atoms with Gasteiger partial charge in [0.25, 0.3) is 0 Å². The summed E-state index contributed by atoms with van der Waals surface area (Å²) in [7, 11) is 1.68. The van der Waals surface area contributed by atoms with Gasteiger partial charge in [0, 0.05) is 24.1 Å². The second kappa shape index (κ2) is 4.16. The Hall–Kier alpha value is -1.22. The van der Waals surface area contributed by atoms with Crippen molar-refractivity contribution < 1.29 is 9.47 Å². The molecule has 1 aromatic rings. The largest absolute Gasteiger partial charge is 0.497 e. The first kappa shape index (κ1) is 11.8. The highest BCUT2D eigenvalue weighted by Crippen LogP contribution is 2.48. The molecule has 3 atom stereocenters. The Balaban J connectivity index is 1.95. The number of benzene rings is 1. The lowest BCUT2D eigenvalue weighted by Crippen LogP contribution is -2.40. The molecule has 3 nitrogen and oxygen atoms in total. The molecule has 1 heterocycles. The monoisotopic (exact) mass is 247 g/mol. The second-order valence-electron chi connectivity index (χ2n) is 5.85. The minimum absolute atomic E-state index is 0.0296. The molecule has 18 heavy (non-hydrogen) atoms. The van der Waals surface area contributed by atoms with E-state index in [4.69, 9.17) is 15.2 Å². The van der Waals surface area contributed by atoms with Gasteiger partial charge in [-0.25, -0.2) is 0 Å². The van der Waals surface area contributed by atoms with Gasteiger partial charge in [-0.2, -0.15) is 0 Å². The molecule has 3 unspecified atom stereocenters. The van der Waals surface area contributed by atoms with Crippen molar-refractivity contribution in [2.45, 2.75) is 44.2 Å². The lowest BCUT2D eigenvalue weighted by molar-refractivity contribution is 0.0391. The molecule has 1 aliphatic carbocycles. The molecule has 1 fully saturated rings. The zero-order valence-electron chi connectivity index (χ0n) is 11.1. The smallest absolute Gasteiger partial charge is 0.128 e. The van der Waals surface area contributed by atoms with E-state index in [1.165, 1.54) is 6.42 Å². The third-order valence-electron chi connectivity index (χ3n) is 4.35. The maximum absolute atomic E-state index is 6.32. The van der Waals surface area contributed by atoms with Crippen LogP contribution < -0.4 is 15.2 Å². The maximum Gasteiger partial charge on any atom is 0.128 e. The standard InChI is InChI=1S/C15H21NO2/c1-10-5-6-15(8-10)9-13(16)12-4-3-11(17-2)7-14(12)18-15/h3-4,7,10,13H,5-6,8-9,16H2,1-2H3. The summed E-state index contributed by atoms with van der Waals surface area (Å²) in [6, 6.07) is 6.05. The molecule has 0 radical (unpaired) electrons. The zero-order valence-corrected chi connectivity index (χ0v) is 11.1. The van der Waals surface area contributed by atoms with Crippen LogP contribution in [0.3, 0.4) is 0 Å². The number of hydrogen-bond donors (Lipinski definition) is 1. The fourth-order valence-electron chi connectivity index (χ4n) is 3.45. The zero-order chi connectivity index (χ0) is 12.8. The Bertz CT molecular complexity index is 460. The van der Waals surface area contributed by atoms with Crippen molar-refractivity contribution in [3.8, 4) is 11.5 Å². The van der Waals surface area contributed by atoms with Gasteiger partial charge in [-0.15, -0.1) is 0 Å². The first-order valence-corrected chi connectivity index (χ1v) is 6.74. The Morgan fingerprint density at radius 1 is 1.39 bits per heavy atom. The molecule has 1 spiro atoms. The van der Waals surface area contributed by atoms with Crippen molar-refractivity contribution in [1.82, 2.24) is 0 Å². The average molecular weight is 247 g/mol. The molecule has 1 saturated carbocycles. The van der Waals surface area contributed by atoms with Crippen LogP contribution in [0.15, 0.2) is 18.2 Å². The first-order valence-electron chi connectivity index (χ1n) is 6.74. The van der Waals surface area contributed by atoms with Crippen molar-refractivity contribution in [2.75, 3.05) is 7.11 Å². The first-order chi connectivity index (χ1) is 8.62. The van der Waals surface area contributed by atoms with Gasteiger partial charge in [-0.3, -0.25) is 0 Å². The van der Waals surface area contributed by atoms with E-state index in [9.17, 15) is 0 Å². The van der Waals surface area contributed by atoms with E-state index in [2.05, 4.69) is 6.92 Å². The summed E-state index contributed by atoms with van der Waals surface area (Å²) in [6.07, 6.45) is 4.43. The second-order valence-corrected chi connectivity index (χ2v) is 5.85. The lowest BCUT2D eigenvalue weighted by Gasteiger charge is -2.39. The van der Waals surface area contributed by atoms with Crippen molar-refractivity contribution in [1.29, 1.82) is 0 Å². The Morgan fingerprint density at radius 3 is 2.89 bits per heavy atom. The van der Waals surface area contributed by atoms with Crippen LogP contribution in [-0.4, -0.2) is 12.7 Å². The fourth-order valence-corrected chi connectivity index (χ4v) is 3.45. The minimum atomic E-state index is -0.0296. The van der Waals surface area contributed by atoms with Crippen LogP contribution in [-0.2, 0) is 0 Å². The molecular weight excluding hydrogens is 226 g/mol. The van der Waals surface area contributed by atoms with Gasteiger partial charge in [0.15, 0.2) is 0 Å². The molecule has 2 N–H and O–H groups in total. The molecule has 0 bridgehead atoms. The summed E-state index contributed by atoms with van der Waals surface area (Å²) in [5.74, 6) is 2.50. The van der Waals surface area contributed by atoms with E-state index in [0.29, 0.717) is 0 Å². The van der Waals surface area contributed by atoms with Crippen molar-refractivity contribution in [3.63, 3.8) is 0 Å². The third kappa shape index (κ3) is 1.87. The molecule has 0 aromatic heterocycles. The van der Waals surface area contributed by atoms with Crippen LogP contribution in [0.4, 0.5) is 0 Å². The van der Waals surface area contributed by atoms with Crippen LogP contribution in [0.1, 0.15) is 44.2 Å². The molecular formula is C15H21NO2. The average Bonchev–Trinajstić information content (AvgIpc) is 2.69. The normalized spacial score (nSPS) is 34.2. The van der Waals surface area contributed by atoms with Crippen LogP contribution in [0, 0.1) is 5.92 Å². The number of rotatable bonds is 1. The predicted octanol–water partition coefficient (Wildman–Crippen LogP) is 3.04. The number of ether oxygens (including phenoxy) is 2. The third-order valence-corrected chi connectivity index (χ3v) is 4.35. The van der Waals surface area contributed by atoms with E-state index in [-0.39, 0.29) is 11.6 Å². The fraction of sp³-hybridized carbons (Fsp3) is 0.600.